The van der Waals surface area contributed by atoms with E-state index in [1.807, 2.05) is 33.9 Å². The smallest absolute Gasteiger partial charge is 0.0943 e. The lowest BCUT2D eigenvalue weighted by molar-refractivity contribution is 0.162. The van der Waals surface area contributed by atoms with Crippen molar-refractivity contribution in [1.29, 1.82) is 0 Å². The molecule has 0 saturated carbocycles. The second-order valence-electron chi connectivity index (χ2n) is 3.36. The van der Waals surface area contributed by atoms with E-state index < -0.39 is 0 Å². The van der Waals surface area contributed by atoms with Crippen molar-refractivity contribution >= 4 is 0 Å². The van der Waals surface area contributed by atoms with Crippen molar-refractivity contribution < 1.29 is 0 Å². The lowest BCUT2D eigenvalue weighted by atomic mass is 10.6. The van der Waals surface area contributed by atoms with Gasteiger partial charge in [-0.25, -0.2) is 0 Å². The molecule has 2 aromatic rings. The van der Waals surface area contributed by atoms with Gasteiger partial charge in [0, 0.05) is 24.8 Å². The van der Waals surface area contributed by atoms with E-state index in [0.29, 0.717) is 0 Å². The molecule has 15 heavy (non-hydrogen) atoms. The molecule has 0 aliphatic carbocycles. The number of hydrogen-bond acceptors (Lipinski definition) is 3. The lowest BCUT2D eigenvalue weighted by Gasteiger charge is -2.19. The Morgan fingerprint density at radius 1 is 1.00 bits per heavy atom. The molecule has 2 heterocycles. The monoisotopic (exact) mass is 205 g/mol. The summed E-state index contributed by atoms with van der Waals surface area (Å²) < 4.78 is 3.82. The minimum absolute atomic E-state index is 0.795. The van der Waals surface area contributed by atoms with Gasteiger partial charge >= 0.3 is 0 Å². The zero-order valence-electron chi connectivity index (χ0n) is 8.82. The highest BCUT2D eigenvalue weighted by Gasteiger charge is 2.03. The molecular weight excluding hydrogens is 190 g/mol. The topological polar surface area (TPSA) is 38.9 Å². The van der Waals surface area contributed by atoms with Gasteiger partial charge in [-0.05, 0) is 18.7 Å². The van der Waals surface area contributed by atoms with Crippen LogP contribution in [0.1, 0.15) is 6.92 Å². The number of aromatic nitrogens is 4. The third kappa shape index (κ3) is 2.66. The quantitative estimate of drug-likeness (QED) is 0.731. The molecule has 0 atom stereocenters. The van der Waals surface area contributed by atoms with Crippen LogP contribution in [0.2, 0.25) is 0 Å². The summed E-state index contributed by atoms with van der Waals surface area (Å²) in [7, 11) is 0. The minimum atomic E-state index is 0.795. The molecule has 0 amide bonds. The van der Waals surface area contributed by atoms with Gasteiger partial charge in [0.2, 0.25) is 0 Å². The molecule has 5 heteroatoms. The van der Waals surface area contributed by atoms with Crippen molar-refractivity contribution in [2.45, 2.75) is 20.3 Å². The Morgan fingerprint density at radius 2 is 1.53 bits per heavy atom. The van der Waals surface area contributed by atoms with Gasteiger partial charge in [0.1, 0.15) is 0 Å². The maximum atomic E-state index is 4.18. The highest BCUT2D eigenvalue weighted by atomic mass is 15.4. The molecule has 0 bridgehead atoms. The average Bonchev–Trinajstić information content (AvgIpc) is 2.89. The van der Waals surface area contributed by atoms with Crippen molar-refractivity contribution in [3.05, 3.63) is 36.9 Å². The van der Waals surface area contributed by atoms with Crippen molar-refractivity contribution in [3.8, 4) is 0 Å². The first-order valence-corrected chi connectivity index (χ1v) is 5.05. The fraction of sp³-hybridized carbons (Fsp3) is 0.400. The van der Waals surface area contributed by atoms with Crippen LogP contribution in [0.25, 0.3) is 0 Å². The second-order valence-corrected chi connectivity index (χ2v) is 3.36. The van der Waals surface area contributed by atoms with Crippen LogP contribution < -0.4 is 0 Å². The molecule has 0 radical (unpaired) electrons. The van der Waals surface area contributed by atoms with E-state index in [0.717, 1.165) is 19.9 Å². The van der Waals surface area contributed by atoms with Crippen LogP contribution >= 0.6 is 0 Å². The highest BCUT2D eigenvalue weighted by molar-refractivity contribution is 4.79. The van der Waals surface area contributed by atoms with Gasteiger partial charge in [0.05, 0.1) is 13.3 Å². The molecule has 0 spiro atoms. The summed E-state index contributed by atoms with van der Waals surface area (Å²) >= 11 is 0. The Balaban J connectivity index is 1.93. The molecule has 0 saturated heterocycles. The van der Waals surface area contributed by atoms with Gasteiger partial charge in [0.15, 0.2) is 0 Å². The largest absolute Gasteiger partial charge is 0.265 e. The van der Waals surface area contributed by atoms with Gasteiger partial charge in [-0.15, -0.1) is 0 Å². The summed E-state index contributed by atoms with van der Waals surface area (Å²) in [5.41, 5.74) is 0. The van der Waals surface area contributed by atoms with Crippen LogP contribution in [0.3, 0.4) is 0 Å². The van der Waals surface area contributed by atoms with Gasteiger partial charge < -0.3 is 0 Å². The van der Waals surface area contributed by atoms with Gasteiger partial charge in [0.25, 0.3) is 0 Å². The van der Waals surface area contributed by atoms with Gasteiger partial charge in [-0.1, -0.05) is 6.92 Å². The molecule has 0 aromatic carbocycles. The summed E-state index contributed by atoms with van der Waals surface area (Å²) in [4.78, 5) is 2.25. The first-order chi connectivity index (χ1) is 7.38. The first-order valence-electron chi connectivity index (χ1n) is 5.05. The Morgan fingerprint density at radius 3 is 1.87 bits per heavy atom. The van der Waals surface area contributed by atoms with Crippen molar-refractivity contribution in [3.63, 3.8) is 0 Å². The Bertz CT molecular complexity index is 328. The molecule has 2 aromatic heterocycles. The fourth-order valence-corrected chi connectivity index (χ4v) is 1.42. The first kappa shape index (κ1) is 9.92. The zero-order chi connectivity index (χ0) is 10.5. The van der Waals surface area contributed by atoms with Crippen molar-refractivity contribution in [2.75, 3.05) is 6.54 Å². The molecule has 0 unspecified atom stereocenters. The number of nitrogens with zero attached hydrogens (tertiary/aromatic N) is 5. The highest BCUT2D eigenvalue weighted by Crippen LogP contribution is 1.96. The molecule has 5 nitrogen and oxygen atoms in total. The van der Waals surface area contributed by atoms with Gasteiger partial charge in [-0.2, -0.15) is 10.2 Å². The van der Waals surface area contributed by atoms with Crippen LogP contribution in [0.15, 0.2) is 36.9 Å². The van der Waals surface area contributed by atoms with E-state index in [2.05, 4.69) is 22.0 Å². The number of rotatable bonds is 5. The Kier molecular flexibility index (Phi) is 3.14. The average molecular weight is 205 g/mol. The lowest BCUT2D eigenvalue weighted by Crippen LogP contribution is -2.29. The summed E-state index contributed by atoms with van der Waals surface area (Å²) in [5.74, 6) is 0. The van der Waals surface area contributed by atoms with Gasteiger partial charge in [-0.3, -0.25) is 14.3 Å². The van der Waals surface area contributed by atoms with E-state index in [4.69, 9.17) is 0 Å². The van der Waals surface area contributed by atoms with Crippen molar-refractivity contribution in [1.82, 2.24) is 24.5 Å². The van der Waals surface area contributed by atoms with Crippen LogP contribution in [0.4, 0.5) is 0 Å². The van der Waals surface area contributed by atoms with Crippen LogP contribution in [0, 0.1) is 0 Å². The maximum absolute atomic E-state index is 4.18. The molecule has 0 aliphatic rings. The zero-order valence-corrected chi connectivity index (χ0v) is 8.82. The van der Waals surface area contributed by atoms with E-state index >= 15 is 0 Å². The van der Waals surface area contributed by atoms with Crippen LogP contribution in [0.5, 0.6) is 0 Å². The SMILES string of the molecule is CCN(Cn1cccn1)Cn1cccn1. The molecule has 0 N–H and O–H groups in total. The summed E-state index contributed by atoms with van der Waals surface area (Å²) in [6, 6.07) is 3.86. The second kappa shape index (κ2) is 4.75. The van der Waals surface area contributed by atoms with E-state index in [1.165, 1.54) is 0 Å². The predicted molar refractivity (Wildman–Crippen MR) is 56.8 cm³/mol. The van der Waals surface area contributed by atoms with Crippen LogP contribution in [-0.2, 0) is 13.3 Å². The normalized spacial score (nSPS) is 11.1. The Hall–Kier alpha value is -1.62. The minimum Gasteiger partial charge on any atom is -0.265 e. The van der Waals surface area contributed by atoms with Crippen LogP contribution in [-0.4, -0.2) is 31.0 Å². The standard InChI is InChI=1S/C10H15N5/c1-2-13(9-14-7-3-5-11-14)10-15-8-4-6-12-15/h3-8H,2,9-10H2,1H3. The molecule has 80 valence electrons. The summed E-state index contributed by atoms with van der Waals surface area (Å²) in [6.45, 7) is 4.69. The van der Waals surface area contributed by atoms with Crippen molar-refractivity contribution in [2.24, 2.45) is 0 Å². The summed E-state index contributed by atoms with van der Waals surface area (Å²) in [6.07, 6.45) is 7.51. The molecule has 0 aliphatic heterocycles. The van der Waals surface area contributed by atoms with E-state index in [1.54, 1.807) is 12.4 Å². The predicted octanol–water partition coefficient (Wildman–Crippen LogP) is 1.02. The number of hydrogen-bond donors (Lipinski definition) is 0. The molecule has 2 rings (SSSR count). The third-order valence-electron chi connectivity index (χ3n) is 2.26. The van der Waals surface area contributed by atoms with E-state index in [9.17, 15) is 0 Å². The third-order valence-corrected chi connectivity index (χ3v) is 2.26. The maximum Gasteiger partial charge on any atom is 0.0943 e. The van der Waals surface area contributed by atoms with E-state index in [-0.39, 0.29) is 0 Å². The summed E-state index contributed by atoms with van der Waals surface area (Å²) in [5, 5.41) is 8.36. The Labute approximate surface area is 88.9 Å². The molecule has 0 fully saturated rings. The fourth-order valence-electron chi connectivity index (χ4n) is 1.42. The molecular formula is C10H15N5.